The van der Waals surface area contributed by atoms with Crippen molar-refractivity contribution in [1.82, 2.24) is 10.6 Å². The standard InChI is InChI=1S/2C23H16ClNO2/c2*24-17-11-12-19-18(13-17)20(15-7-3-1-4-8-15)21(16-9-5-2-6-10-16)23(19)14-27-22(26)25-23/h2*1-13H,14H2,(H,25,26)/t2*23-/m10/s1. The molecular formula is C46H32Cl2N2O4. The monoisotopic (exact) mass is 746 g/mol. The lowest BCUT2D eigenvalue weighted by Crippen LogP contribution is -2.40. The van der Waals surface area contributed by atoms with E-state index in [-0.39, 0.29) is 13.2 Å². The topological polar surface area (TPSA) is 76.7 Å². The van der Waals surface area contributed by atoms with Crippen LogP contribution in [-0.4, -0.2) is 25.4 Å². The highest BCUT2D eigenvalue weighted by Gasteiger charge is 2.53. The summed E-state index contributed by atoms with van der Waals surface area (Å²) < 4.78 is 10.8. The summed E-state index contributed by atoms with van der Waals surface area (Å²) in [6, 6.07) is 52.3. The molecule has 8 heteroatoms. The first kappa shape index (κ1) is 33.7. The Morgan fingerprint density at radius 2 is 0.778 bits per heavy atom. The Morgan fingerprint density at radius 1 is 0.444 bits per heavy atom. The van der Waals surface area contributed by atoms with Gasteiger partial charge in [0, 0.05) is 21.2 Å². The number of cyclic esters (lactones) is 2. The summed E-state index contributed by atoms with van der Waals surface area (Å²) in [5.41, 5.74) is 11.1. The Kier molecular flexibility index (Phi) is 8.37. The number of amides is 2. The second kappa shape index (κ2) is 13.4. The zero-order chi connectivity index (χ0) is 36.9. The molecular weight excluding hydrogens is 715 g/mol. The number of rotatable bonds is 4. The summed E-state index contributed by atoms with van der Waals surface area (Å²) in [5, 5.41) is 7.51. The Hall–Kier alpha value is -6.08. The lowest BCUT2D eigenvalue weighted by atomic mass is 9.83. The van der Waals surface area contributed by atoms with Crippen molar-refractivity contribution in [2.45, 2.75) is 11.1 Å². The van der Waals surface area contributed by atoms with E-state index in [2.05, 4.69) is 59.2 Å². The van der Waals surface area contributed by atoms with Crippen molar-refractivity contribution in [3.63, 3.8) is 0 Å². The van der Waals surface area contributed by atoms with Gasteiger partial charge in [-0.2, -0.15) is 0 Å². The molecule has 0 bridgehead atoms. The third-order valence-corrected chi connectivity index (χ3v) is 11.0. The van der Waals surface area contributed by atoms with Gasteiger partial charge in [0.15, 0.2) is 0 Å². The molecule has 2 spiro atoms. The molecule has 6 aromatic carbocycles. The Bertz CT molecular complexity index is 2330. The molecule has 6 aromatic rings. The maximum atomic E-state index is 12.1. The highest BCUT2D eigenvalue weighted by atomic mass is 35.5. The number of halogens is 2. The van der Waals surface area contributed by atoms with E-state index in [1.54, 1.807) is 0 Å². The number of carbonyl (C=O) groups is 2. The van der Waals surface area contributed by atoms with E-state index < -0.39 is 23.3 Å². The van der Waals surface area contributed by atoms with Crippen LogP contribution < -0.4 is 10.6 Å². The van der Waals surface area contributed by atoms with Gasteiger partial charge in [-0.25, -0.2) is 9.59 Å². The normalized spacial score (nSPS) is 20.6. The van der Waals surface area contributed by atoms with E-state index in [0.29, 0.717) is 10.0 Å². The summed E-state index contributed by atoms with van der Waals surface area (Å²) in [6.45, 7) is 0.502. The summed E-state index contributed by atoms with van der Waals surface area (Å²) >= 11 is 12.7. The second-order valence-electron chi connectivity index (χ2n) is 13.6. The third kappa shape index (κ3) is 5.49. The van der Waals surface area contributed by atoms with Crippen LogP contribution in [0.5, 0.6) is 0 Å². The van der Waals surface area contributed by atoms with Crippen molar-refractivity contribution in [1.29, 1.82) is 0 Å². The predicted molar refractivity (Wildman–Crippen MR) is 213 cm³/mol. The average Bonchev–Trinajstić information content (AvgIpc) is 3.94. The number of carbonyl (C=O) groups excluding carboxylic acids is 2. The van der Waals surface area contributed by atoms with Crippen LogP contribution in [0.3, 0.4) is 0 Å². The third-order valence-electron chi connectivity index (χ3n) is 10.5. The SMILES string of the molecule is O=C1N[C@@]2(CO1)C(c1ccccc1)=C(c1ccccc1)c1cc(Cl)ccc12.O=C1N[C@]2(CO1)C(c1ccccc1)=C(c1ccccc1)c1cc(Cl)ccc12. The van der Waals surface area contributed by atoms with Gasteiger partial charge in [-0.3, -0.25) is 0 Å². The van der Waals surface area contributed by atoms with E-state index in [1.165, 1.54) is 0 Å². The Balaban J connectivity index is 0.000000142. The van der Waals surface area contributed by atoms with Gasteiger partial charge in [-0.05, 0) is 79.9 Å². The summed E-state index contributed by atoms with van der Waals surface area (Å²) in [4.78, 5) is 24.2. The molecule has 2 amide bonds. The molecule has 264 valence electrons. The maximum Gasteiger partial charge on any atom is 0.408 e. The van der Waals surface area contributed by atoms with Crippen LogP contribution in [0.4, 0.5) is 9.59 Å². The van der Waals surface area contributed by atoms with Crippen molar-refractivity contribution < 1.29 is 19.1 Å². The lowest BCUT2D eigenvalue weighted by molar-refractivity contribution is 0.174. The van der Waals surface area contributed by atoms with Crippen LogP contribution in [0.1, 0.15) is 44.5 Å². The molecule has 2 aliphatic heterocycles. The van der Waals surface area contributed by atoms with Crippen LogP contribution in [0.25, 0.3) is 22.3 Å². The van der Waals surface area contributed by atoms with Crippen LogP contribution in [0.2, 0.25) is 10.0 Å². The first-order valence-corrected chi connectivity index (χ1v) is 18.4. The fraction of sp³-hybridized carbons (Fsp3) is 0.0870. The van der Waals surface area contributed by atoms with Crippen molar-refractivity contribution in [3.05, 3.63) is 212 Å². The highest BCUT2D eigenvalue weighted by molar-refractivity contribution is 6.31. The second-order valence-corrected chi connectivity index (χ2v) is 14.4. The van der Waals surface area contributed by atoms with Crippen LogP contribution in [-0.2, 0) is 20.6 Å². The van der Waals surface area contributed by atoms with Crippen LogP contribution >= 0.6 is 23.2 Å². The number of ether oxygens (including phenoxy) is 2. The summed E-state index contributed by atoms with van der Waals surface area (Å²) in [5.74, 6) is 0. The van der Waals surface area contributed by atoms with E-state index in [9.17, 15) is 9.59 Å². The van der Waals surface area contributed by atoms with E-state index in [1.807, 2.05) is 109 Å². The van der Waals surface area contributed by atoms with Gasteiger partial charge < -0.3 is 20.1 Å². The largest absolute Gasteiger partial charge is 0.446 e. The molecule has 0 aromatic heterocycles. The molecule has 2 fully saturated rings. The molecule has 4 aliphatic rings. The van der Waals surface area contributed by atoms with Gasteiger partial charge in [-0.15, -0.1) is 0 Å². The van der Waals surface area contributed by atoms with Crippen LogP contribution in [0.15, 0.2) is 158 Å². The minimum atomic E-state index is -0.719. The summed E-state index contributed by atoms with van der Waals surface area (Å²) in [6.07, 6.45) is -0.808. The molecule has 2 heterocycles. The first-order chi connectivity index (χ1) is 26.4. The van der Waals surface area contributed by atoms with E-state index in [4.69, 9.17) is 32.7 Å². The van der Waals surface area contributed by atoms with Gasteiger partial charge in [-0.1, -0.05) is 157 Å². The maximum absolute atomic E-state index is 12.1. The molecule has 0 unspecified atom stereocenters. The smallest absolute Gasteiger partial charge is 0.408 e. The number of hydrogen-bond acceptors (Lipinski definition) is 4. The molecule has 0 saturated carbocycles. The minimum absolute atomic E-state index is 0.251. The molecule has 2 atom stereocenters. The molecule has 2 saturated heterocycles. The predicted octanol–water partition coefficient (Wildman–Crippen LogP) is 10.5. The highest BCUT2D eigenvalue weighted by Crippen LogP contribution is 2.55. The molecule has 0 radical (unpaired) electrons. The van der Waals surface area contributed by atoms with Gasteiger partial charge in [0.2, 0.25) is 0 Å². The Labute approximate surface area is 322 Å². The molecule has 2 aliphatic carbocycles. The fourth-order valence-corrected chi connectivity index (χ4v) is 8.70. The number of benzene rings is 6. The zero-order valence-corrected chi connectivity index (χ0v) is 30.3. The van der Waals surface area contributed by atoms with Gasteiger partial charge >= 0.3 is 12.2 Å². The molecule has 6 nitrogen and oxygen atoms in total. The first-order valence-electron chi connectivity index (χ1n) is 17.6. The molecule has 2 N–H and O–H groups in total. The minimum Gasteiger partial charge on any atom is -0.446 e. The quantitative estimate of drug-likeness (QED) is 0.188. The molecule has 10 rings (SSSR count). The zero-order valence-electron chi connectivity index (χ0n) is 28.8. The lowest BCUT2D eigenvalue weighted by Gasteiger charge is -2.27. The number of hydrogen-bond donors (Lipinski definition) is 2. The average molecular weight is 748 g/mol. The molecule has 54 heavy (non-hydrogen) atoms. The fourth-order valence-electron chi connectivity index (χ4n) is 8.36. The van der Waals surface area contributed by atoms with Crippen molar-refractivity contribution in [2.24, 2.45) is 0 Å². The van der Waals surface area contributed by atoms with Crippen molar-refractivity contribution in [3.8, 4) is 0 Å². The van der Waals surface area contributed by atoms with Gasteiger partial charge in [0.25, 0.3) is 0 Å². The number of alkyl carbamates (subject to hydrolysis) is 2. The van der Waals surface area contributed by atoms with E-state index in [0.717, 1.165) is 66.8 Å². The number of nitrogens with one attached hydrogen (secondary N) is 2. The Morgan fingerprint density at radius 3 is 1.09 bits per heavy atom. The van der Waals surface area contributed by atoms with Crippen LogP contribution in [0, 0.1) is 0 Å². The number of fused-ring (bicyclic) bond motifs is 4. The van der Waals surface area contributed by atoms with Crippen molar-refractivity contribution >= 4 is 57.7 Å². The van der Waals surface area contributed by atoms with E-state index >= 15 is 0 Å². The van der Waals surface area contributed by atoms with Gasteiger partial charge in [0.05, 0.1) is 0 Å². The summed E-state index contributed by atoms with van der Waals surface area (Å²) in [7, 11) is 0. The van der Waals surface area contributed by atoms with Crippen molar-refractivity contribution in [2.75, 3.05) is 13.2 Å². The van der Waals surface area contributed by atoms with Gasteiger partial charge in [0.1, 0.15) is 24.3 Å².